The van der Waals surface area contributed by atoms with Gasteiger partial charge in [-0.1, -0.05) is 37.3 Å². The number of furan rings is 1. The Hall–Kier alpha value is -2.26. The van der Waals surface area contributed by atoms with Gasteiger partial charge in [0.15, 0.2) is 0 Å². The number of nitrogens with one attached hydrogen (secondary N) is 1. The Labute approximate surface area is 149 Å². The number of nitrogens with zero attached hydrogens (tertiary/aromatic N) is 1. The fraction of sp³-hybridized carbons (Fsp3) is 0.364. The Morgan fingerprint density at radius 2 is 1.72 bits per heavy atom. The van der Waals surface area contributed by atoms with Gasteiger partial charge in [0, 0.05) is 49.2 Å². The lowest BCUT2D eigenvalue weighted by atomic mass is 10.1. The summed E-state index contributed by atoms with van der Waals surface area (Å²) in [5.74, 6) is 1.10. The Morgan fingerprint density at radius 3 is 2.48 bits per heavy atom. The summed E-state index contributed by atoms with van der Waals surface area (Å²) in [4.78, 5) is 2.47. The average molecular weight is 334 g/mol. The van der Waals surface area contributed by atoms with Crippen molar-refractivity contribution in [2.75, 3.05) is 18.0 Å². The first kappa shape index (κ1) is 16.2. The molecule has 1 saturated heterocycles. The van der Waals surface area contributed by atoms with E-state index < -0.39 is 0 Å². The predicted molar refractivity (Wildman–Crippen MR) is 104 cm³/mol. The molecule has 1 aliphatic heterocycles. The zero-order valence-corrected chi connectivity index (χ0v) is 14.9. The second-order valence-electron chi connectivity index (χ2n) is 6.82. The maximum absolute atomic E-state index is 5.98. The van der Waals surface area contributed by atoms with E-state index in [2.05, 4.69) is 59.6 Å². The Balaban J connectivity index is 1.40. The molecule has 0 aliphatic carbocycles. The van der Waals surface area contributed by atoms with Crippen molar-refractivity contribution in [2.45, 2.75) is 39.3 Å². The minimum Gasteiger partial charge on any atom is -0.461 e. The van der Waals surface area contributed by atoms with E-state index in [4.69, 9.17) is 4.42 Å². The van der Waals surface area contributed by atoms with Gasteiger partial charge in [-0.15, -0.1) is 0 Å². The van der Waals surface area contributed by atoms with Crippen molar-refractivity contribution in [2.24, 2.45) is 0 Å². The molecule has 2 heterocycles. The van der Waals surface area contributed by atoms with Gasteiger partial charge in [-0.25, -0.2) is 0 Å². The lowest BCUT2D eigenvalue weighted by Crippen LogP contribution is -2.17. The lowest BCUT2D eigenvalue weighted by Gasteiger charge is -2.17. The fourth-order valence-electron chi connectivity index (χ4n) is 3.76. The first-order chi connectivity index (χ1) is 12.3. The van der Waals surface area contributed by atoms with Gasteiger partial charge in [0.2, 0.25) is 0 Å². The highest BCUT2D eigenvalue weighted by Crippen LogP contribution is 2.26. The zero-order valence-electron chi connectivity index (χ0n) is 14.9. The summed E-state index contributed by atoms with van der Waals surface area (Å²) in [6.45, 7) is 6.27. The van der Waals surface area contributed by atoms with Crippen molar-refractivity contribution in [3.8, 4) is 0 Å². The maximum Gasteiger partial charge on any atom is 0.134 e. The third kappa shape index (κ3) is 3.42. The van der Waals surface area contributed by atoms with E-state index >= 15 is 0 Å². The average Bonchev–Trinajstić information content (AvgIpc) is 3.30. The van der Waals surface area contributed by atoms with Gasteiger partial charge >= 0.3 is 0 Å². The van der Waals surface area contributed by atoms with Gasteiger partial charge in [0.1, 0.15) is 11.3 Å². The van der Waals surface area contributed by atoms with Gasteiger partial charge in [0.05, 0.1) is 0 Å². The Bertz CT molecular complexity index is 829. The molecule has 3 heteroatoms. The zero-order chi connectivity index (χ0) is 17.1. The molecule has 0 saturated carbocycles. The maximum atomic E-state index is 5.98. The Kier molecular flexibility index (Phi) is 4.75. The van der Waals surface area contributed by atoms with E-state index in [9.17, 15) is 0 Å². The molecule has 3 nitrogen and oxygen atoms in total. The van der Waals surface area contributed by atoms with Crippen LogP contribution in [-0.4, -0.2) is 13.1 Å². The molecule has 1 aliphatic rings. The molecule has 130 valence electrons. The summed E-state index contributed by atoms with van der Waals surface area (Å²) in [6.07, 6.45) is 3.57. The van der Waals surface area contributed by atoms with E-state index in [-0.39, 0.29) is 0 Å². The highest BCUT2D eigenvalue weighted by Gasteiger charge is 2.13. The quantitative estimate of drug-likeness (QED) is 0.696. The fourth-order valence-corrected chi connectivity index (χ4v) is 3.76. The monoisotopic (exact) mass is 334 g/mol. The van der Waals surface area contributed by atoms with E-state index in [0.29, 0.717) is 0 Å². The third-order valence-electron chi connectivity index (χ3n) is 5.14. The molecule has 0 radical (unpaired) electrons. The summed E-state index contributed by atoms with van der Waals surface area (Å²) in [5, 5.41) is 4.82. The van der Waals surface area contributed by atoms with Gasteiger partial charge in [-0.3, -0.25) is 0 Å². The largest absolute Gasteiger partial charge is 0.461 e. The molecule has 25 heavy (non-hydrogen) atoms. The molecule has 0 amide bonds. The van der Waals surface area contributed by atoms with Gasteiger partial charge in [-0.2, -0.15) is 0 Å². The van der Waals surface area contributed by atoms with Gasteiger partial charge in [-0.05, 0) is 36.6 Å². The van der Waals surface area contributed by atoms with Crippen LogP contribution in [0.3, 0.4) is 0 Å². The molecule has 1 fully saturated rings. The molecular weight excluding hydrogens is 308 g/mol. The van der Waals surface area contributed by atoms with Crippen LogP contribution in [0.15, 0.2) is 52.9 Å². The normalized spacial score (nSPS) is 14.5. The van der Waals surface area contributed by atoms with Crippen molar-refractivity contribution in [1.82, 2.24) is 5.32 Å². The first-order valence-corrected chi connectivity index (χ1v) is 9.39. The van der Waals surface area contributed by atoms with Gasteiger partial charge < -0.3 is 14.6 Å². The van der Waals surface area contributed by atoms with Crippen molar-refractivity contribution < 1.29 is 4.42 Å². The van der Waals surface area contributed by atoms with Crippen LogP contribution in [0.4, 0.5) is 5.69 Å². The van der Waals surface area contributed by atoms with E-state index in [1.54, 1.807) is 0 Å². The number of aryl methyl sites for hydroxylation is 1. The summed E-state index contributed by atoms with van der Waals surface area (Å²) >= 11 is 0. The molecule has 2 aromatic carbocycles. The van der Waals surface area contributed by atoms with Crippen molar-refractivity contribution in [1.29, 1.82) is 0 Å². The van der Waals surface area contributed by atoms with Crippen LogP contribution in [0.5, 0.6) is 0 Å². The van der Waals surface area contributed by atoms with E-state index in [1.165, 1.54) is 48.1 Å². The number of hydrogen-bond acceptors (Lipinski definition) is 3. The number of para-hydroxylation sites is 1. The standard InChI is InChI=1S/C22H26N2O/c1-2-21-20(19-7-3-4-8-22(19)25-21)16-23-15-17-9-11-18(12-10-17)24-13-5-6-14-24/h3-4,7-12,23H,2,5-6,13-16H2,1H3. The molecule has 1 aromatic heterocycles. The summed E-state index contributed by atoms with van der Waals surface area (Å²) in [5.41, 5.74) is 4.97. The van der Waals surface area contributed by atoms with Crippen LogP contribution < -0.4 is 10.2 Å². The number of fused-ring (bicyclic) bond motifs is 1. The third-order valence-corrected chi connectivity index (χ3v) is 5.14. The van der Waals surface area contributed by atoms with Crippen LogP contribution in [0.25, 0.3) is 11.0 Å². The molecule has 4 rings (SSSR count). The van der Waals surface area contributed by atoms with E-state index in [1.807, 2.05) is 6.07 Å². The second-order valence-corrected chi connectivity index (χ2v) is 6.82. The molecule has 3 aromatic rings. The summed E-state index contributed by atoms with van der Waals surface area (Å²) in [7, 11) is 0. The molecular formula is C22H26N2O. The van der Waals surface area contributed by atoms with Crippen molar-refractivity contribution >= 4 is 16.7 Å². The number of rotatable bonds is 6. The molecule has 0 atom stereocenters. The summed E-state index contributed by atoms with van der Waals surface area (Å²) in [6, 6.07) is 17.3. The van der Waals surface area contributed by atoms with E-state index in [0.717, 1.165) is 30.9 Å². The molecule has 0 bridgehead atoms. The van der Waals surface area contributed by atoms with Crippen LogP contribution in [0, 0.1) is 0 Å². The molecule has 0 unspecified atom stereocenters. The van der Waals surface area contributed by atoms with Crippen molar-refractivity contribution in [3.05, 3.63) is 65.4 Å². The predicted octanol–water partition coefficient (Wildman–Crippen LogP) is 4.89. The smallest absolute Gasteiger partial charge is 0.134 e. The second kappa shape index (κ2) is 7.32. The highest BCUT2D eigenvalue weighted by atomic mass is 16.3. The minimum atomic E-state index is 0.841. The Morgan fingerprint density at radius 1 is 0.960 bits per heavy atom. The van der Waals surface area contributed by atoms with Crippen LogP contribution >= 0.6 is 0 Å². The number of anilines is 1. The van der Waals surface area contributed by atoms with Crippen LogP contribution in [0.1, 0.15) is 36.7 Å². The topological polar surface area (TPSA) is 28.4 Å². The first-order valence-electron chi connectivity index (χ1n) is 9.39. The van der Waals surface area contributed by atoms with Crippen LogP contribution in [-0.2, 0) is 19.5 Å². The molecule has 1 N–H and O–H groups in total. The minimum absolute atomic E-state index is 0.841. The highest BCUT2D eigenvalue weighted by molar-refractivity contribution is 5.82. The van der Waals surface area contributed by atoms with Crippen LogP contribution in [0.2, 0.25) is 0 Å². The molecule has 0 spiro atoms. The van der Waals surface area contributed by atoms with Gasteiger partial charge in [0.25, 0.3) is 0 Å². The summed E-state index contributed by atoms with van der Waals surface area (Å²) < 4.78 is 5.98. The number of hydrogen-bond donors (Lipinski definition) is 1. The lowest BCUT2D eigenvalue weighted by molar-refractivity contribution is 0.544. The SMILES string of the molecule is CCc1oc2ccccc2c1CNCc1ccc(N2CCCC2)cc1. The van der Waals surface area contributed by atoms with Crippen molar-refractivity contribution in [3.63, 3.8) is 0 Å². The number of benzene rings is 2.